The fraction of sp³-hybridized carbons (Fsp3) is 0.167. The Morgan fingerprint density at radius 2 is 1.55 bits per heavy atom. The molecule has 3 aromatic rings. The molecule has 0 aromatic heterocycles. The highest BCUT2D eigenvalue weighted by Gasteiger charge is 2.33. The molecule has 3 aromatic carbocycles. The summed E-state index contributed by atoms with van der Waals surface area (Å²) < 4.78 is 79.2. The first-order valence-electron chi connectivity index (χ1n) is 9.76. The average Bonchev–Trinajstić information content (AvgIpc) is 3.07. The molecule has 1 aliphatic heterocycles. The van der Waals surface area contributed by atoms with E-state index < -0.39 is 34.0 Å². The van der Waals surface area contributed by atoms with Gasteiger partial charge in [-0.2, -0.15) is 26.3 Å². The van der Waals surface area contributed by atoms with Crippen molar-refractivity contribution in [3.63, 3.8) is 0 Å². The van der Waals surface area contributed by atoms with Crippen molar-refractivity contribution >= 4 is 38.0 Å². The molecule has 1 aliphatic rings. The minimum absolute atomic E-state index is 0.0249. The molecule has 1 heterocycles. The van der Waals surface area contributed by atoms with Gasteiger partial charge in [0.25, 0.3) is 0 Å². The molecule has 0 saturated carbocycles. The van der Waals surface area contributed by atoms with E-state index in [0.717, 1.165) is 24.3 Å². The number of Topliss-reactive ketones (excluding diaryl/α,β-unsaturated/α-hetero) is 1. The molecular weight excluding hydrogens is 464 g/mol. The predicted molar refractivity (Wildman–Crippen MR) is 119 cm³/mol. The summed E-state index contributed by atoms with van der Waals surface area (Å²) in [6.45, 7) is 0. The Morgan fingerprint density at radius 3 is 2.21 bits per heavy atom. The van der Waals surface area contributed by atoms with Gasteiger partial charge in [-0.3, -0.25) is 4.79 Å². The zero-order valence-corrected chi connectivity index (χ0v) is 18.0. The summed E-state index contributed by atoms with van der Waals surface area (Å²) in [6.07, 6.45) is -9.05. The van der Waals surface area contributed by atoms with Crippen LogP contribution >= 0.6 is 10.5 Å². The van der Waals surface area contributed by atoms with Gasteiger partial charge in [-0.1, -0.05) is 36.4 Å². The Kier molecular flexibility index (Phi) is 5.86. The highest BCUT2D eigenvalue weighted by molar-refractivity contribution is 8.19. The third kappa shape index (κ3) is 4.55. The summed E-state index contributed by atoms with van der Waals surface area (Å²) in [6, 6.07) is 13.1. The molecule has 2 nitrogen and oxygen atoms in total. The Morgan fingerprint density at radius 1 is 0.879 bits per heavy atom. The van der Waals surface area contributed by atoms with Crippen LogP contribution in [0.2, 0.25) is 0 Å². The van der Waals surface area contributed by atoms with Gasteiger partial charge in [-0.15, -0.1) is 10.5 Å². The SMILES string of the molecule is CNC1=C(c2cccc(C(F)(F)F)c2)C(=O)CS1=Cc1cccc2ccc(C(F)(F)F)cc12. The Balaban J connectivity index is 1.86. The molecule has 0 bridgehead atoms. The maximum Gasteiger partial charge on any atom is 0.416 e. The summed E-state index contributed by atoms with van der Waals surface area (Å²) in [5.41, 5.74) is -0.803. The molecule has 0 aliphatic carbocycles. The molecule has 0 spiro atoms. The van der Waals surface area contributed by atoms with Gasteiger partial charge in [0.15, 0.2) is 5.78 Å². The number of nitrogens with one attached hydrogen (secondary N) is 1. The molecule has 1 atom stereocenters. The summed E-state index contributed by atoms with van der Waals surface area (Å²) >= 11 is 0. The van der Waals surface area contributed by atoms with Crippen molar-refractivity contribution < 1.29 is 31.1 Å². The van der Waals surface area contributed by atoms with Crippen LogP contribution in [0.3, 0.4) is 0 Å². The zero-order valence-electron chi connectivity index (χ0n) is 17.1. The van der Waals surface area contributed by atoms with Gasteiger partial charge in [0.2, 0.25) is 0 Å². The molecule has 4 rings (SSSR count). The van der Waals surface area contributed by atoms with E-state index in [9.17, 15) is 31.1 Å². The lowest BCUT2D eigenvalue weighted by Gasteiger charge is -2.12. The van der Waals surface area contributed by atoms with Gasteiger partial charge in [-0.05, 0) is 51.5 Å². The minimum Gasteiger partial charge on any atom is -0.383 e. The Hall–Kier alpha value is -3.07. The average molecular weight is 481 g/mol. The van der Waals surface area contributed by atoms with Crippen molar-refractivity contribution in [2.75, 3.05) is 12.8 Å². The number of rotatable bonds is 3. The van der Waals surface area contributed by atoms with Gasteiger partial charge < -0.3 is 5.32 Å². The number of carbonyl (C=O) groups excluding carboxylic acids is 1. The molecule has 0 saturated heterocycles. The van der Waals surface area contributed by atoms with Crippen molar-refractivity contribution in [2.24, 2.45) is 0 Å². The van der Waals surface area contributed by atoms with Crippen LogP contribution in [0.4, 0.5) is 26.3 Å². The number of alkyl halides is 6. The zero-order chi connectivity index (χ0) is 24.0. The number of hydrogen-bond donors (Lipinski definition) is 1. The van der Waals surface area contributed by atoms with Crippen LogP contribution in [0.25, 0.3) is 16.3 Å². The normalized spacial score (nSPS) is 17.3. The van der Waals surface area contributed by atoms with Crippen LogP contribution in [0.15, 0.2) is 65.7 Å². The number of ketones is 1. The maximum atomic E-state index is 13.2. The van der Waals surface area contributed by atoms with Crippen LogP contribution in [-0.4, -0.2) is 24.0 Å². The van der Waals surface area contributed by atoms with Crippen LogP contribution in [0, 0.1) is 0 Å². The summed E-state index contributed by atoms with van der Waals surface area (Å²) in [4.78, 5) is 12.8. The van der Waals surface area contributed by atoms with Crippen molar-refractivity contribution in [3.8, 4) is 0 Å². The molecule has 0 fully saturated rings. The fourth-order valence-corrected chi connectivity index (χ4v) is 5.81. The van der Waals surface area contributed by atoms with Gasteiger partial charge in [0, 0.05) is 7.05 Å². The quantitative estimate of drug-likeness (QED) is 0.343. The van der Waals surface area contributed by atoms with E-state index in [4.69, 9.17) is 0 Å². The van der Waals surface area contributed by atoms with Crippen LogP contribution in [0.5, 0.6) is 0 Å². The van der Waals surface area contributed by atoms with E-state index >= 15 is 0 Å². The van der Waals surface area contributed by atoms with Crippen molar-refractivity contribution in [3.05, 3.63) is 87.9 Å². The molecule has 172 valence electrons. The first-order chi connectivity index (χ1) is 15.5. The van der Waals surface area contributed by atoms with Crippen LogP contribution in [0.1, 0.15) is 22.3 Å². The summed E-state index contributed by atoms with van der Waals surface area (Å²) in [5.74, 6) is -0.300. The standard InChI is InChI=1S/C24H17F6NOS/c1-31-22-21(15-5-3-7-17(10-15)23(25,26)27)20(32)13-33(22)12-16-6-2-4-14-8-9-18(11-19(14)16)24(28,29)30/h2-12,31H,13H2,1H3. The Bertz CT molecular complexity index is 1320. The predicted octanol–water partition coefficient (Wildman–Crippen LogP) is 6.47. The second-order valence-electron chi connectivity index (χ2n) is 7.43. The van der Waals surface area contributed by atoms with Crippen LogP contribution in [-0.2, 0) is 17.1 Å². The fourth-order valence-electron chi connectivity index (χ4n) is 3.77. The lowest BCUT2D eigenvalue weighted by atomic mass is 10.0. The third-order valence-corrected chi connectivity index (χ3v) is 7.32. The third-order valence-electron chi connectivity index (χ3n) is 5.27. The highest BCUT2D eigenvalue weighted by Crippen LogP contribution is 2.41. The molecule has 0 amide bonds. The van der Waals surface area contributed by atoms with E-state index in [0.29, 0.717) is 21.4 Å². The van der Waals surface area contributed by atoms with E-state index in [-0.39, 0.29) is 22.7 Å². The lowest BCUT2D eigenvalue weighted by Crippen LogP contribution is -2.08. The second-order valence-corrected chi connectivity index (χ2v) is 9.22. The number of allylic oxidation sites excluding steroid dienone is 1. The van der Waals surface area contributed by atoms with Crippen molar-refractivity contribution in [2.45, 2.75) is 12.4 Å². The molecule has 9 heteroatoms. The van der Waals surface area contributed by atoms with Gasteiger partial charge >= 0.3 is 12.4 Å². The first-order valence-corrected chi connectivity index (χ1v) is 11.2. The summed E-state index contributed by atoms with van der Waals surface area (Å²) in [7, 11) is 0.713. The number of carbonyl (C=O) groups is 1. The van der Waals surface area contributed by atoms with E-state index in [1.54, 1.807) is 30.6 Å². The second kappa shape index (κ2) is 8.37. The minimum atomic E-state index is -4.55. The van der Waals surface area contributed by atoms with Gasteiger partial charge in [-0.25, -0.2) is 0 Å². The molecule has 1 N–H and O–H groups in total. The molecular formula is C24H17F6NOS. The van der Waals surface area contributed by atoms with Crippen molar-refractivity contribution in [1.82, 2.24) is 5.32 Å². The molecule has 0 radical (unpaired) electrons. The van der Waals surface area contributed by atoms with E-state index in [2.05, 4.69) is 5.32 Å². The topological polar surface area (TPSA) is 29.1 Å². The monoisotopic (exact) mass is 481 g/mol. The van der Waals surface area contributed by atoms with Gasteiger partial charge in [0.05, 0.1) is 27.5 Å². The maximum absolute atomic E-state index is 13.2. The summed E-state index contributed by atoms with van der Waals surface area (Å²) in [5, 5.41) is 6.10. The number of halogens is 6. The van der Waals surface area contributed by atoms with E-state index in [1.807, 2.05) is 0 Å². The number of hydrogen-bond acceptors (Lipinski definition) is 2. The molecule has 33 heavy (non-hydrogen) atoms. The lowest BCUT2D eigenvalue weighted by molar-refractivity contribution is -0.138. The van der Waals surface area contributed by atoms with E-state index in [1.165, 1.54) is 18.2 Å². The Labute approximate surface area is 187 Å². The largest absolute Gasteiger partial charge is 0.416 e. The smallest absolute Gasteiger partial charge is 0.383 e. The number of benzene rings is 3. The highest BCUT2D eigenvalue weighted by atomic mass is 32.2. The van der Waals surface area contributed by atoms with Crippen LogP contribution < -0.4 is 5.32 Å². The molecule has 1 unspecified atom stereocenters. The van der Waals surface area contributed by atoms with Crippen molar-refractivity contribution in [1.29, 1.82) is 0 Å². The van der Waals surface area contributed by atoms with Gasteiger partial charge in [0.1, 0.15) is 0 Å². The number of fused-ring (bicyclic) bond motifs is 1. The first kappa shape index (κ1) is 23.1.